The van der Waals surface area contributed by atoms with Gasteiger partial charge >= 0.3 is 0 Å². The number of rotatable bonds is 3. The largest absolute Gasteiger partial charge is 0.308 e. The van der Waals surface area contributed by atoms with Crippen LogP contribution in [0.4, 0.5) is 0 Å². The molecule has 4 heteroatoms. The van der Waals surface area contributed by atoms with Crippen LogP contribution < -0.4 is 0 Å². The fourth-order valence-corrected chi connectivity index (χ4v) is 8.76. The van der Waals surface area contributed by atoms with Gasteiger partial charge in [-0.05, 0) is 58.3 Å². The summed E-state index contributed by atoms with van der Waals surface area (Å²) in [5, 5.41) is 10.1. The highest BCUT2D eigenvalue weighted by Crippen LogP contribution is 2.50. The Morgan fingerprint density at radius 3 is 1.94 bits per heavy atom. The summed E-state index contributed by atoms with van der Waals surface area (Å²) < 4.78 is 4.91. The molecule has 8 aromatic carbocycles. The zero-order valence-corrected chi connectivity index (χ0v) is 26.8. The van der Waals surface area contributed by atoms with E-state index in [2.05, 4.69) is 155 Å². The van der Waals surface area contributed by atoms with Crippen molar-refractivity contribution in [1.29, 1.82) is 0 Å². The summed E-state index contributed by atoms with van der Waals surface area (Å²) in [6.45, 7) is 0. The van der Waals surface area contributed by atoms with E-state index in [1.54, 1.807) is 0 Å². The quantitative estimate of drug-likeness (QED) is 0.181. The predicted octanol–water partition coefficient (Wildman–Crippen LogP) is 11.8. The van der Waals surface area contributed by atoms with Crippen molar-refractivity contribution in [3.8, 4) is 28.2 Å². The molecule has 50 heavy (non-hydrogen) atoms. The summed E-state index contributed by atoms with van der Waals surface area (Å²) in [5.41, 5.74) is 12.0. The highest BCUT2D eigenvalue weighted by atomic mass is 15.1. The molecular formula is C46H26N4. The lowest BCUT2D eigenvalue weighted by Gasteiger charge is -2.16. The van der Waals surface area contributed by atoms with E-state index in [1.807, 2.05) is 12.1 Å². The Bertz CT molecular complexity index is 3300. The van der Waals surface area contributed by atoms with Gasteiger partial charge in [-0.15, -0.1) is 0 Å². The van der Waals surface area contributed by atoms with Crippen molar-refractivity contribution in [1.82, 2.24) is 18.9 Å². The number of hydrogen-bond acceptors (Lipinski definition) is 2. The average Bonchev–Trinajstić information content (AvgIpc) is 3.65. The van der Waals surface area contributed by atoms with Crippen LogP contribution in [0.3, 0.4) is 0 Å². The van der Waals surface area contributed by atoms with Gasteiger partial charge in [-0.3, -0.25) is 4.57 Å². The molecule has 0 saturated carbocycles. The Morgan fingerprint density at radius 1 is 0.400 bits per heavy atom. The first-order chi connectivity index (χ1) is 24.8. The molecule has 0 amide bonds. The first-order valence-corrected chi connectivity index (χ1v) is 17.1. The molecule has 0 aliphatic carbocycles. The summed E-state index contributed by atoms with van der Waals surface area (Å²) >= 11 is 0. The number of para-hydroxylation sites is 3. The second kappa shape index (κ2) is 9.43. The molecule has 0 spiro atoms. The van der Waals surface area contributed by atoms with Crippen molar-refractivity contribution in [3.05, 3.63) is 158 Å². The van der Waals surface area contributed by atoms with Gasteiger partial charge in [-0.1, -0.05) is 121 Å². The fraction of sp³-hybridized carbons (Fsp3) is 0. The Labute approximate surface area is 285 Å². The van der Waals surface area contributed by atoms with Crippen molar-refractivity contribution < 1.29 is 0 Å². The van der Waals surface area contributed by atoms with Crippen LogP contribution in [0.5, 0.6) is 0 Å². The number of benzene rings is 8. The number of aromatic nitrogens is 4. The van der Waals surface area contributed by atoms with Gasteiger partial charge in [0, 0.05) is 37.9 Å². The predicted molar refractivity (Wildman–Crippen MR) is 208 cm³/mol. The van der Waals surface area contributed by atoms with Gasteiger partial charge in [0.2, 0.25) is 0 Å². The molecular weight excluding hydrogens is 609 g/mol. The molecule has 4 nitrogen and oxygen atoms in total. The Morgan fingerprint density at radius 2 is 1.10 bits per heavy atom. The lowest BCUT2D eigenvalue weighted by Crippen LogP contribution is -2.04. The Kier molecular flexibility index (Phi) is 4.94. The van der Waals surface area contributed by atoms with Crippen LogP contribution in [-0.2, 0) is 0 Å². The van der Waals surface area contributed by atoms with Crippen LogP contribution in [0.25, 0.3) is 110 Å². The minimum atomic E-state index is 0.830. The molecule has 12 rings (SSSR count). The van der Waals surface area contributed by atoms with E-state index in [4.69, 9.17) is 9.97 Å². The Balaban J connectivity index is 1.41. The first-order valence-electron chi connectivity index (χ1n) is 17.1. The summed E-state index contributed by atoms with van der Waals surface area (Å²) in [7, 11) is 0. The van der Waals surface area contributed by atoms with Crippen LogP contribution in [0.2, 0.25) is 0 Å². The van der Waals surface area contributed by atoms with Crippen LogP contribution in [0.1, 0.15) is 0 Å². The van der Waals surface area contributed by atoms with Crippen LogP contribution >= 0.6 is 0 Å². The SMILES string of the molecule is c1ccc(-c2nc3ccccc3nc2-n2c3cc(-c4ccccc4)c4ccc5cccc6c5c4c3c3c2ccc2c4ccccc4n6c23)cc1. The van der Waals surface area contributed by atoms with E-state index in [9.17, 15) is 0 Å². The molecule has 0 N–H and O–H groups in total. The standard InChI is InChI=1S/C46H26N4/c1-3-12-27(13-4-1)33-26-39-42-41-31(33)23-22-28-16-11-21-37(40(28)41)49-36-20-10-7-17-30(36)32-24-25-38(43(42)45(32)49)50(39)46-44(29-14-5-2-6-15-29)47-34-18-8-9-19-35(34)48-46/h1-26H. The van der Waals surface area contributed by atoms with Crippen molar-refractivity contribution >= 4 is 81.7 Å². The molecule has 0 atom stereocenters. The van der Waals surface area contributed by atoms with E-state index in [-0.39, 0.29) is 0 Å². The van der Waals surface area contributed by atoms with Gasteiger partial charge < -0.3 is 4.40 Å². The minimum Gasteiger partial charge on any atom is -0.308 e. The van der Waals surface area contributed by atoms with Gasteiger partial charge in [0.25, 0.3) is 0 Å². The molecule has 0 aliphatic heterocycles. The lowest BCUT2D eigenvalue weighted by molar-refractivity contribution is 1.08. The average molecular weight is 635 g/mol. The van der Waals surface area contributed by atoms with Crippen LogP contribution in [0, 0.1) is 0 Å². The van der Waals surface area contributed by atoms with E-state index in [0.717, 1.165) is 39.1 Å². The first kappa shape index (κ1) is 26.2. The van der Waals surface area contributed by atoms with Gasteiger partial charge in [-0.25, -0.2) is 9.97 Å². The highest BCUT2D eigenvalue weighted by Gasteiger charge is 2.27. The maximum absolute atomic E-state index is 5.47. The van der Waals surface area contributed by atoms with E-state index >= 15 is 0 Å². The minimum absolute atomic E-state index is 0.830. The summed E-state index contributed by atoms with van der Waals surface area (Å²) in [5.74, 6) is 0.830. The molecule has 0 unspecified atom stereocenters. The maximum atomic E-state index is 5.47. The van der Waals surface area contributed by atoms with Gasteiger partial charge in [0.15, 0.2) is 5.82 Å². The van der Waals surface area contributed by atoms with Gasteiger partial charge in [-0.2, -0.15) is 0 Å². The zero-order chi connectivity index (χ0) is 32.5. The summed E-state index contributed by atoms with van der Waals surface area (Å²) in [6.07, 6.45) is 0. The third kappa shape index (κ3) is 3.25. The zero-order valence-electron chi connectivity index (χ0n) is 26.8. The molecule has 0 radical (unpaired) electrons. The molecule has 0 fully saturated rings. The molecule has 4 aromatic heterocycles. The number of fused-ring (bicyclic) bond motifs is 5. The highest BCUT2D eigenvalue weighted by molar-refractivity contribution is 6.39. The summed E-state index contributed by atoms with van der Waals surface area (Å²) in [6, 6.07) is 56.8. The Hall–Kier alpha value is -6.78. The van der Waals surface area contributed by atoms with E-state index < -0.39 is 0 Å². The monoisotopic (exact) mass is 634 g/mol. The van der Waals surface area contributed by atoms with Crippen molar-refractivity contribution in [3.63, 3.8) is 0 Å². The van der Waals surface area contributed by atoms with Crippen LogP contribution in [-0.4, -0.2) is 18.9 Å². The lowest BCUT2D eigenvalue weighted by atomic mass is 9.91. The van der Waals surface area contributed by atoms with Crippen molar-refractivity contribution in [2.24, 2.45) is 0 Å². The van der Waals surface area contributed by atoms with E-state index in [1.165, 1.54) is 70.8 Å². The van der Waals surface area contributed by atoms with Gasteiger partial charge in [0.1, 0.15) is 5.69 Å². The van der Waals surface area contributed by atoms with Crippen molar-refractivity contribution in [2.75, 3.05) is 0 Å². The normalized spacial score (nSPS) is 12.4. The van der Waals surface area contributed by atoms with Gasteiger partial charge in [0.05, 0.1) is 38.6 Å². The topological polar surface area (TPSA) is 35.1 Å². The second-order valence-corrected chi connectivity index (χ2v) is 13.3. The maximum Gasteiger partial charge on any atom is 0.165 e. The second-order valence-electron chi connectivity index (χ2n) is 13.3. The smallest absolute Gasteiger partial charge is 0.165 e. The summed E-state index contributed by atoms with van der Waals surface area (Å²) in [4.78, 5) is 10.8. The van der Waals surface area contributed by atoms with Crippen molar-refractivity contribution in [2.45, 2.75) is 0 Å². The third-order valence-electron chi connectivity index (χ3n) is 10.8. The third-order valence-corrected chi connectivity index (χ3v) is 10.8. The molecule has 0 aliphatic rings. The van der Waals surface area contributed by atoms with E-state index in [0.29, 0.717) is 0 Å². The molecule has 0 bridgehead atoms. The van der Waals surface area contributed by atoms with Crippen LogP contribution in [0.15, 0.2) is 158 Å². The fourth-order valence-electron chi connectivity index (χ4n) is 8.76. The number of hydrogen-bond donors (Lipinski definition) is 0. The molecule has 12 aromatic rings. The molecule has 230 valence electrons. The molecule has 4 heterocycles. The number of nitrogens with zero attached hydrogens (tertiary/aromatic N) is 4. The molecule has 0 saturated heterocycles.